The summed E-state index contributed by atoms with van der Waals surface area (Å²) in [5, 5.41) is 22.0. The first-order valence-corrected chi connectivity index (χ1v) is 5.52. The van der Waals surface area contributed by atoms with Gasteiger partial charge in [0.05, 0.1) is 16.2 Å². The van der Waals surface area contributed by atoms with E-state index in [4.69, 9.17) is 5.26 Å². The molecule has 0 aromatic heterocycles. The lowest BCUT2D eigenvalue weighted by Crippen LogP contribution is -1.99. The van der Waals surface area contributed by atoms with E-state index in [9.17, 15) is 23.3 Å². The van der Waals surface area contributed by atoms with E-state index in [1.165, 1.54) is 6.07 Å². The normalized spacial score (nSPS) is 10.0. The fraction of sp³-hybridized carbons (Fsp3) is 0. The van der Waals surface area contributed by atoms with E-state index in [1.807, 2.05) is 0 Å². The van der Waals surface area contributed by atoms with Gasteiger partial charge in [-0.25, -0.2) is 13.2 Å². The van der Waals surface area contributed by atoms with Crippen LogP contribution in [-0.2, 0) is 0 Å². The first kappa shape index (κ1) is 14.3. The first-order valence-electron chi connectivity index (χ1n) is 5.52. The second-order valence-electron chi connectivity index (χ2n) is 3.98. The van der Waals surface area contributed by atoms with Crippen molar-refractivity contribution in [2.24, 2.45) is 0 Å². The van der Waals surface area contributed by atoms with Gasteiger partial charge in [-0.2, -0.15) is 5.26 Å². The Hall–Kier alpha value is -3.08. The van der Waals surface area contributed by atoms with Crippen molar-refractivity contribution in [3.05, 3.63) is 63.5 Å². The van der Waals surface area contributed by atoms with Gasteiger partial charge in [-0.15, -0.1) is 0 Å². The molecule has 0 aliphatic heterocycles. The van der Waals surface area contributed by atoms with E-state index in [0.29, 0.717) is 12.1 Å². The number of non-ortho nitro benzene ring substituents is 1. The number of nitro groups is 1. The molecule has 0 aliphatic carbocycles. The van der Waals surface area contributed by atoms with E-state index in [0.717, 1.165) is 12.1 Å². The van der Waals surface area contributed by atoms with Crippen molar-refractivity contribution in [2.75, 3.05) is 5.32 Å². The molecule has 21 heavy (non-hydrogen) atoms. The molecular formula is C13H6F3N3O2. The number of halogens is 3. The summed E-state index contributed by atoms with van der Waals surface area (Å²) in [6, 6.07) is 6.50. The average Bonchev–Trinajstić information content (AvgIpc) is 2.44. The topological polar surface area (TPSA) is 79.0 Å². The molecule has 0 bridgehead atoms. The molecule has 2 aromatic rings. The fourth-order valence-corrected chi connectivity index (χ4v) is 1.63. The third kappa shape index (κ3) is 2.92. The monoisotopic (exact) mass is 293 g/mol. The van der Waals surface area contributed by atoms with Crippen LogP contribution >= 0.6 is 0 Å². The number of nitrogens with one attached hydrogen (secondary N) is 1. The molecule has 0 amide bonds. The Morgan fingerprint density at radius 1 is 1.14 bits per heavy atom. The van der Waals surface area contributed by atoms with Crippen molar-refractivity contribution >= 4 is 17.1 Å². The van der Waals surface area contributed by atoms with E-state index < -0.39 is 22.4 Å². The van der Waals surface area contributed by atoms with Crippen molar-refractivity contribution in [2.45, 2.75) is 0 Å². The van der Waals surface area contributed by atoms with E-state index in [1.54, 1.807) is 6.07 Å². The van der Waals surface area contributed by atoms with Crippen molar-refractivity contribution in [1.82, 2.24) is 0 Å². The minimum absolute atomic E-state index is 0.0886. The molecule has 106 valence electrons. The minimum atomic E-state index is -1.61. The third-order valence-electron chi connectivity index (χ3n) is 2.60. The van der Waals surface area contributed by atoms with Gasteiger partial charge in [-0.1, -0.05) is 0 Å². The Labute approximate surface area is 116 Å². The number of rotatable bonds is 3. The largest absolute Gasteiger partial charge is 0.354 e. The van der Waals surface area contributed by atoms with Gasteiger partial charge in [0.25, 0.3) is 5.69 Å². The van der Waals surface area contributed by atoms with Crippen molar-refractivity contribution in [1.29, 1.82) is 5.26 Å². The van der Waals surface area contributed by atoms with Gasteiger partial charge in [-0.3, -0.25) is 10.1 Å². The maximum Gasteiger partial charge on any atom is 0.270 e. The Balaban J connectivity index is 2.40. The Morgan fingerprint density at radius 3 is 2.29 bits per heavy atom. The molecule has 2 aromatic carbocycles. The van der Waals surface area contributed by atoms with Gasteiger partial charge in [-0.05, 0) is 6.07 Å². The number of hydrogen-bond acceptors (Lipinski definition) is 4. The zero-order chi connectivity index (χ0) is 15.6. The minimum Gasteiger partial charge on any atom is -0.354 e. The van der Waals surface area contributed by atoms with Crippen LogP contribution in [-0.4, -0.2) is 4.92 Å². The summed E-state index contributed by atoms with van der Waals surface area (Å²) in [7, 11) is 0. The van der Waals surface area contributed by atoms with Crippen LogP contribution in [0.1, 0.15) is 5.56 Å². The molecule has 2 rings (SSSR count). The highest BCUT2D eigenvalue weighted by Crippen LogP contribution is 2.26. The number of anilines is 2. The maximum absolute atomic E-state index is 13.1. The van der Waals surface area contributed by atoms with Crippen LogP contribution in [0.4, 0.5) is 30.2 Å². The molecule has 0 aliphatic rings. The summed E-state index contributed by atoms with van der Waals surface area (Å²) in [5.41, 5.74) is -0.409. The zero-order valence-corrected chi connectivity index (χ0v) is 10.2. The summed E-state index contributed by atoms with van der Waals surface area (Å²) in [6.45, 7) is 0. The average molecular weight is 293 g/mol. The lowest BCUT2D eigenvalue weighted by molar-refractivity contribution is -0.384. The molecule has 0 saturated heterocycles. The molecular weight excluding hydrogens is 287 g/mol. The second-order valence-corrected chi connectivity index (χ2v) is 3.98. The molecule has 0 radical (unpaired) electrons. The Bertz CT molecular complexity index is 749. The first-order chi connectivity index (χ1) is 9.92. The summed E-state index contributed by atoms with van der Waals surface area (Å²) in [4.78, 5) is 9.92. The van der Waals surface area contributed by atoms with Crippen LogP contribution in [0.3, 0.4) is 0 Å². The highest BCUT2D eigenvalue weighted by molar-refractivity contribution is 5.68. The van der Waals surface area contributed by atoms with Gasteiger partial charge in [0.15, 0.2) is 17.5 Å². The quantitative estimate of drug-likeness (QED) is 0.532. The van der Waals surface area contributed by atoms with Crippen molar-refractivity contribution < 1.29 is 18.1 Å². The van der Waals surface area contributed by atoms with Gasteiger partial charge in [0, 0.05) is 30.0 Å². The lowest BCUT2D eigenvalue weighted by Gasteiger charge is -2.09. The number of nitrogens with zero attached hydrogens (tertiary/aromatic N) is 2. The van der Waals surface area contributed by atoms with E-state index in [2.05, 4.69) is 5.32 Å². The molecule has 1 N–H and O–H groups in total. The number of hydrogen-bond donors (Lipinski definition) is 1. The van der Waals surface area contributed by atoms with Gasteiger partial charge >= 0.3 is 0 Å². The predicted octanol–water partition coefficient (Wildman–Crippen LogP) is 3.63. The number of nitro benzene ring substituents is 1. The summed E-state index contributed by atoms with van der Waals surface area (Å²) >= 11 is 0. The number of nitriles is 1. The van der Waals surface area contributed by atoms with Crippen LogP contribution in [0.5, 0.6) is 0 Å². The summed E-state index contributed by atoms with van der Waals surface area (Å²) < 4.78 is 39.0. The van der Waals surface area contributed by atoms with Gasteiger partial charge < -0.3 is 5.32 Å². The smallest absolute Gasteiger partial charge is 0.270 e. The molecule has 0 fully saturated rings. The standard InChI is InChI=1S/C13H6F3N3O2/c14-10-4-8(5-11(15)13(10)16)18-12-2-1-9(19(20)21)3-7(12)6-17/h1-5,18H. The molecule has 0 saturated carbocycles. The summed E-state index contributed by atoms with van der Waals surface area (Å²) in [5.74, 6) is -4.39. The van der Waals surface area contributed by atoms with Crippen LogP contribution in [0.2, 0.25) is 0 Å². The van der Waals surface area contributed by atoms with Gasteiger partial charge in [0.1, 0.15) is 6.07 Å². The molecule has 0 unspecified atom stereocenters. The lowest BCUT2D eigenvalue weighted by atomic mass is 10.1. The molecule has 8 heteroatoms. The predicted molar refractivity (Wildman–Crippen MR) is 67.4 cm³/mol. The molecule has 0 spiro atoms. The van der Waals surface area contributed by atoms with Crippen molar-refractivity contribution in [3.63, 3.8) is 0 Å². The second kappa shape index (κ2) is 5.50. The molecule has 0 heterocycles. The molecule has 0 atom stereocenters. The molecule has 5 nitrogen and oxygen atoms in total. The Kier molecular flexibility index (Phi) is 3.75. The van der Waals surface area contributed by atoms with Crippen LogP contribution < -0.4 is 5.32 Å². The Morgan fingerprint density at radius 2 is 1.76 bits per heavy atom. The van der Waals surface area contributed by atoms with E-state index >= 15 is 0 Å². The van der Waals surface area contributed by atoms with Crippen molar-refractivity contribution in [3.8, 4) is 6.07 Å². The highest BCUT2D eigenvalue weighted by atomic mass is 19.2. The third-order valence-corrected chi connectivity index (χ3v) is 2.60. The zero-order valence-electron chi connectivity index (χ0n) is 10.2. The van der Waals surface area contributed by atoms with Crippen LogP contribution in [0.25, 0.3) is 0 Å². The fourth-order valence-electron chi connectivity index (χ4n) is 1.63. The highest BCUT2D eigenvalue weighted by Gasteiger charge is 2.14. The van der Waals surface area contributed by atoms with Crippen LogP contribution in [0, 0.1) is 38.9 Å². The maximum atomic E-state index is 13.1. The van der Waals surface area contributed by atoms with Crippen LogP contribution in [0.15, 0.2) is 30.3 Å². The number of benzene rings is 2. The SMILES string of the molecule is N#Cc1cc([N+](=O)[O-])ccc1Nc1cc(F)c(F)c(F)c1. The van der Waals surface area contributed by atoms with E-state index in [-0.39, 0.29) is 22.6 Å². The summed E-state index contributed by atoms with van der Waals surface area (Å²) in [6.07, 6.45) is 0. The van der Waals surface area contributed by atoms with Gasteiger partial charge in [0.2, 0.25) is 0 Å².